The fourth-order valence-electron chi connectivity index (χ4n) is 2.36. The SMILES string of the molecule is CC(NCCC(=O)N1CCCCC1)c1ccc(Br)o1. The summed E-state index contributed by atoms with van der Waals surface area (Å²) >= 11 is 3.29. The molecule has 0 aliphatic carbocycles. The van der Waals surface area contributed by atoms with E-state index in [1.54, 1.807) is 0 Å². The lowest BCUT2D eigenvalue weighted by Gasteiger charge is -2.27. The summed E-state index contributed by atoms with van der Waals surface area (Å²) in [5.74, 6) is 1.15. The summed E-state index contributed by atoms with van der Waals surface area (Å²) < 4.78 is 6.21. The van der Waals surface area contributed by atoms with Gasteiger partial charge in [0.05, 0.1) is 6.04 Å². The molecule has 2 rings (SSSR count). The first-order chi connectivity index (χ1) is 9.16. The van der Waals surface area contributed by atoms with Crippen LogP contribution in [-0.4, -0.2) is 30.4 Å². The van der Waals surface area contributed by atoms with Crippen LogP contribution in [0.2, 0.25) is 0 Å². The largest absolute Gasteiger partial charge is 0.453 e. The Hall–Kier alpha value is -0.810. The highest BCUT2D eigenvalue weighted by Gasteiger charge is 2.16. The number of carbonyl (C=O) groups is 1. The first-order valence-corrected chi connectivity index (χ1v) is 7.72. The average Bonchev–Trinajstić information content (AvgIpc) is 2.86. The minimum Gasteiger partial charge on any atom is -0.453 e. The summed E-state index contributed by atoms with van der Waals surface area (Å²) in [6.45, 7) is 4.59. The second-order valence-corrected chi connectivity index (χ2v) is 5.79. The van der Waals surface area contributed by atoms with Crippen molar-refractivity contribution in [1.82, 2.24) is 10.2 Å². The second-order valence-electron chi connectivity index (χ2n) is 5.01. The highest BCUT2D eigenvalue weighted by atomic mass is 79.9. The molecule has 0 bridgehead atoms. The maximum Gasteiger partial charge on any atom is 0.223 e. The topological polar surface area (TPSA) is 45.5 Å². The fraction of sp³-hybridized carbons (Fsp3) is 0.643. The van der Waals surface area contributed by atoms with E-state index in [0.29, 0.717) is 13.0 Å². The molecule has 4 nitrogen and oxygen atoms in total. The Balaban J connectivity index is 1.69. The second kappa shape index (κ2) is 7.10. The summed E-state index contributed by atoms with van der Waals surface area (Å²) in [5, 5.41) is 3.32. The molecule has 1 aliphatic rings. The van der Waals surface area contributed by atoms with E-state index < -0.39 is 0 Å². The Bertz CT molecular complexity index is 413. The Morgan fingerprint density at radius 3 is 2.79 bits per heavy atom. The van der Waals surface area contributed by atoms with Gasteiger partial charge in [0.2, 0.25) is 5.91 Å². The van der Waals surface area contributed by atoms with Crippen LogP contribution in [0.15, 0.2) is 21.2 Å². The number of piperidine rings is 1. The van der Waals surface area contributed by atoms with Crippen LogP contribution in [0.5, 0.6) is 0 Å². The molecule has 1 amide bonds. The van der Waals surface area contributed by atoms with Crippen molar-refractivity contribution < 1.29 is 9.21 Å². The van der Waals surface area contributed by atoms with Crippen LogP contribution < -0.4 is 5.32 Å². The van der Waals surface area contributed by atoms with Gasteiger partial charge in [-0.15, -0.1) is 0 Å². The van der Waals surface area contributed by atoms with Gasteiger partial charge in [-0.3, -0.25) is 4.79 Å². The van der Waals surface area contributed by atoms with E-state index in [-0.39, 0.29) is 11.9 Å². The zero-order chi connectivity index (χ0) is 13.7. The minimum absolute atomic E-state index is 0.125. The Kier molecular flexibility index (Phi) is 5.45. The van der Waals surface area contributed by atoms with Crippen molar-refractivity contribution in [2.24, 2.45) is 0 Å². The van der Waals surface area contributed by atoms with Crippen LogP contribution in [0.4, 0.5) is 0 Å². The minimum atomic E-state index is 0.125. The molecule has 1 unspecified atom stereocenters. The van der Waals surface area contributed by atoms with Crippen molar-refractivity contribution in [3.8, 4) is 0 Å². The van der Waals surface area contributed by atoms with Crippen LogP contribution in [-0.2, 0) is 4.79 Å². The number of nitrogens with zero attached hydrogens (tertiary/aromatic N) is 1. The van der Waals surface area contributed by atoms with E-state index in [1.807, 2.05) is 24.0 Å². The van der Waals surface area contributed by atoms with Gasteiger partial charge in [-0.25, -0.2) is 0 Å². The van der Waals surface area contributed by atoms with E-state index in [1.165, 1.54) is 6.42 Å². The molecule has 2 heterocycles. The van der Waals surface area contributed by atoms with E-state index in [2.05, 4.69) is 21.2 Å². The molecule has 0 spiro atoms. The number of likely N-dealkylation sites (tertiary alicyclic amines) is 1. The van der Waals surface area contributed by atoms with Crippen LogP contribution >= 0.6 is 15.9 Å². The molecule has 1 atom stereocenters. The maximum absolute atomic E-state index is 12.0. The number of amides is 1. The summed E-state index contributed by atoms with van der Waals surface area (Å²) in [7, 11) is 0. The fourth-order valence-corrected chi connectivity index (χ4v) is 2.68. The lowest BCUT2D eigenvalue weighted by atomic mass is 10.1. The van der Waals surface area contributed by atoms with E-state index in [4.69, 9.17) is 4.42 Å². The van der Waals surface area contributed by atoms with Gasteiger partial charge >= 0.3 is 0 Å². The molecular weight excluding hydrogens is 308 g/mol. The molecule has 0 radical (unpaired) electrons. The Morgan fingerprint density at radius 2 is 2.16 bits per heavy atom. The van der Waals surface area contributed by atoms with Gasteiger partial charge in [0.25, 0.3) is 0 Å². The molecule has 106 valence electrons. The lowest BCUT2D eigenvalue weighted by molar-refractivity contribution is -0.132. The molecule has 1 aliphatic heterocycles. The van der Waals surface area contributed by atoms with E-state index in [0.717, 1.165) is 36.4 Å². The maximum atomic E-state index is 12.0. The predicted molar refractivity (Wildman–Crippen MR) is 77.9 cm³/mol. The van der Waals surface area contributed by atoms with Gasteiger partial charge in [0.15, 0.2) is 4.67 Å². The smallest absolute Gasteiger partial charge is 0.223 e. The third kappa shape index (κ3) is 4.35. The van der Waals surface area contributed by atoms with Crippen molar-refractivity contribution >= 4 is 21.8 Å². The number of hydrogen-bond donors (Lipinski definition) is 1. The van der Waals surface area contributed by atoms with Gasteiger partial charge in [0, 0.05) is 26.1 Å². The van der Waals surface area contributed by atoms with Crippen LogP contribution in [0.25, 0.3) is 0 Å². The number of nitrogens with one attached hydrogen (secondary N) is 1. The number of carbonyl (C=O) groups excluding carboxylic acids is 1. The molecule has 0 aromatic carbocycles. The van der Waals surface area contributed by atoms with Crippen LogP contribution in [0, 0.1) is 0 Å². The monoisotopic (exact) mass is 328 g/mol. The van der Waals surface area contributed by atoms with Crippen molar-refractivity contribution in [1.29, 1.82) is 0 Å². The molecule has 19 heavy (non-hydrogen) atoms. The van der Waals surface area contributed by atoms with Gasteiger partial charge in [-0.05, 0) is 54.2 Å². The Labute approximate surface area is 122 Å². The van der Waals surface area contributed by atoms with Gasteiger partial charge < -0.3 is 14.6 Å². The van der Waals surface area contributed by atoms with Crippen molar-refractivity contribution in [2.75, 3.05) is 19.6 Å². The zero-order valence-electron chi connectivity index (χ0n) is 11.3. The predicted octanol–water partition coefficient (Wildman–Crippen LogP) is 3.10. The molecule has 1 N–H and O–H groups in total. The van der Waals surface area contributed by atoms with Crippen molar-refractivity contribution in [3.63, 3.8) is 0 Å². The van der Waals surface area contributed by atoms with Crippen molar-refractivity contribution in [3.05, 3.63) is 22.6 Å². The molecule has 1 aromatic rings. The highest BCUT2D eigenvalue weighted by Crippen LogP contribution is 2.20. The highest BCUT2D eigenvalue weighted by molar-refractivity contribution is 9.10. The number of rotatable bonds is 5. The summed E-state index contributed by atoms with van der Waals surface area (Å²) in [5.41, 5.74) is 0. The quantitative estimate of drug-likeness (QED) is 0.903. The van der Waals surface area contributed by atoms with Crippen LogP contribution in [0.1, 0.15) is 44.4 Å². The summed E-state index contributed by atoms with van der Waals surface area (Å²) in [4.78, 5) is 14.0. The number of halogens is 1. The third-order valence-electron chi connectivity index (χ3n) is 3.52. The van der Waals surface area contributed by atoms with Gasteiger partial charge in [-0.1, -0.05) is 0 Å². The van der Waals surface area contributed by atoms with Crippen molar-refractivity contribution in [2.45, 2.75) is 38.6 Å². The molecule has 0 saturated carbocycles. The van der Waals surface area contributed by atoms with E-state index >= 15 is 0 Å². The first-order valence-electron chi connectivity index (χ1n) is 6.93. The number of hydrogen-bond acceptors (Lipinski definition) is 3. The lowest BCUT2D eigenvalue weighted by Crippen LogP contribution is -2.37. The Morgan fingerprint density at radius 1 is 1.42 bits per heavy atom. The first kappa shape index (κ1) is 14.6. The third-order valence-corrected chi connectivity index (χ3v) is 3.95. The standard InChI is InChI=1S/C14H21BrN2O2/c1-11(12-5-6-13(15)19-12)16-8-7-14(18)17-9-3-2-4-10-17/h5-6,11,16H,2-4,7-10H2,1H3. The zero-order valence-corrected chi connectivity index (χ0v) is 12.9. The molecular formula is C14H21BrN2O2. The van der Waals surface area contributed by atoms with Gasteiger partial charge in [0.1, 0.15) is 5.76 Å². The van der Waals surface area contributed by atoms with E-state index in [9.17, 15) is 4.79 Å². The van der Waals surface area contributed by atoms with Crippen LogP contribution in [0.3, 0.4) is 0 Å². The average molecular weight is 329 g/mol. The molecule has 5 heteroatoms. The molecule has 1 saturated heterocycles. The van der Waals surface area contributed by atoms with Gasteiger partial charge in [-0.2, -0.15) is 0 Å². The summed E-state index contributed by atoms with van der Waals surface area (Å²) in [6.07, 6.45) is 4.12. The molecule has 1 aromatic heterocycles. The summed E-state index contributed by atoms with van der Waals surface area (Å²) in [6, 6.07) is 3.95. The molecule has 1 fully saturated rings. The normalized spacial score (nSPS) is 17.5. The number of furan rings is 1.